The number of amides is 1. The van der Waals surface area contributed by atoms with Gasteiger partial charge in [-0.15, -0.1) is 0 Å². The first-order valence-electron chi connectivity index (χ1n) is 8.15. The topological polar surface area (TPSA) is 72.2 Å². The Morgan fingerprint density at radius 3 is 2.72 bits per heavy atom. The third-order valence-corrected chi connectivity index (χ3v) is 4.56. The molecule has 0 saturated heterocycles. The van der Waals surface area contributed by atoms with E-state index in [-0.39, 0.29) is 5.91 Å². The SMILES string of the molecule is Cc1nc2nc(C)c(CCC(=O)NCc3ccccc3Cl)c(C)n2n1. The lowest BCUT2D eigenvalue weighted by atomic mass is 10.1. The average Bonchev–Trinajstić information content (AvgIpc) is 2.94. The molecule has 1 aromatic carbocycles. The van der Waals surface area contributed by atoms with Crippen molar-refractivity contribution in [2.24, 2.45) is 0 Å². The van der Waals surface area contributed by atoms with E-state index in [0.29, 0.717) is 36.0 Å². The van der Waals surface area contributed by atoms with E-state index in [1.54, 1.807) is 4.52 Å². The van der Waals surface area contributed by atoms with Crippen LogP contribution in [0.2, 0.25) is 5.02 Å². The van der Waals surface area contributed by atoms with E-state index in [4.69, 9.17) is 11.6 Å². The summed E-state index contributed by atoms with van der Waals surface area (Å²) >= 11 is 6.10. The van der Waals surface area contributed by atoms with E-state index in [9.17, 15) is 4.79 Å². The molecule has 1 N–H and O–H groups in total. The van der Waals surface area contributed by atoms with Crippen LogP contribution in [0.4, 0.5) is 0 Å². The minimum Gasteiger partial charge on any atom is -0.352 e. The maximum atomic E-state index is 12.2. The smallest absolute Gasteiger partial charge is 0.252 e. The number of rotatable bonds is 5. The minimum absolute atomic E-state index is 0.0198. The quantitative estimate of drug-likeness (QED) is 0.762. The number of fused-ring (bicyclic) bond motifs is 1. The minimum atomic E-state index is -0.0198. The van der Waals surface area contributed by atoms with E-state index in [1.807, 2.05) is 45.0 Å². The van der Waals surface area contributed by atoms with Crippen LogP contribution in [0.25, 0.3) is 5.78 Å². The molecule has 0 saturated carbocycles. The van der Waals surface area contributed by atoms with Gasteiger partial charge in [0.1, 0.15) is 5.82 Å². The van der Waals surface area contributed by atoms with Crippen LogP contribution in [0.15, 0.2) is 24.3 Å². The van der Waals surface area contributed by atoms with Gasteiger partial charge in [0.15, 0.2) is 0 Å². The van der Waals surface area contributed by atoms with Crippen molar-refractivity contribution in [3.63, 3.8) is 0 Å². The number of aryl methyl sites for hydroxylation is 3. The van der Waals surface area contributed by atoms with Gasteiger partial charge in [0.05, 0.1) is 0 Å². The van der Waals surface area contributed by atoms with Crippen molar-refractivity contribution < 1.29 is 4.79 Å². The number of hydrogen-bond acceptors (Lipinski definition) is 4. The molecule has 3 aromatic rings. The highest BCUT2D eigenvalue weighted by Gasteiger charge is 2.13. The van der Waals surface area contributed by atoms with Crippen molar-refractivity contribution in [1.82, 2.24) is 24.9 Å². The van der Waals surface area contributed by atoms with Gasteiger partial charge in [-0.1, -0.05) is 29.8 Å². The number of nitrogens with one attached hydrogen (secondary N) is 1. The number of halogens is 1. The van der Waals surface area contributed by atoms with Gasteiger partial charge >= 0.3 is 0 Å². The van der Waals surface area contributed by atoms with Crippen LogP contribution in [0.1, 0.15) is 34.8 Å². The molecular formula is C18H20ClN5O. The third-order valence-electron chi connectivity index (χ3n) is 4.19. The molecule has 0 fully saturated rings. The van der Waals surface area contributed by atoms with Crippen molar-refractivity contribution in [2.45, 2.75) is 40.2 Å². The van der Waals surface area contributed by atoms with E-state index < -0.39 is 0 Å². The molecule has 1 amide bonds. The van der Waals surface area contributed by atoms with Gasteiger partial charge in [-0.25, -0.2) is 9.50 Å². The maximum Gasteiger partial charge on any atom is 0.252 e. The Labute approximate surface area is 151 Å². The first kappa shape index (κ1) is 17.4. The number of hydrogen-bond donors (Lipinski definition) is 1. The van der Waals surface area contributed by atoms with Crippen molar-refractivity contribution in [3.05, 3.63) is 57.6 Å². The molecule has 2 aromatic heterocycles. The van der Waals surface area contributed by atoms with Gasteiger partial charge in [0.2, 0.25) is 5.91 Å². The van der Waals surface area contributed by atoms with Crippen molar-refractivity contribution >= 4 is 23.3 Å². The summed E-state index contributed by atoms with van der Waals surface area (Å²) in [6, 6.07) is 7.49. The van der Waals surface area contributed by atoms with Gasteiger partial charge in [0.25, 0.3) is 5.78 Å². The summed E-state index contributed by atoms with van der Waals surface area (Å²) in [7, 11) is 0. The van der Waals surface area contributed by atoms with Crippen LogP contribution in [0.3, 0.4) is 0 Å². The number of aromatic nitrogens is 4. The maximum absolute atomic E-state index is 12.2. The Kier molecular flexibility index (Phi) is 4.99. The van der Waals surface area contributed by atoms with E-state index in [0.717, 1.165) is 22.5 Å². The highest BCUT2D eigenvalue weighted by Crippen LogP contribution is 2.16. The highest BCUT2D eigenvalue weighted by molar-refractivity contribution is 6.31. The first-order valence-corrected chi connectivity index (χ1v) is 8.53. The van der Waals surface area contributed by atoms with Crippen molar-refractivity contribution in [3.8, 4) is 0 Å². The number of benzene rings is 1. The van der Waals surface area contributed by atoms with Gasteiger partial charge in [0, 0.05) is 29.4 Å². The van der Waals surface area contributed by atoms with Crippen LogP contribution < -0.4 is 5.32 Å². The number of carbonyl (C=O) groups excluding carboxylic acids is 1. The fourth-order valence-corrected chi connectivity index (χ4v) is 3.04. The zero-order chi connectivity index (χ0) is 18.0. The lowest BCUT2D eigenvalue weighted by Gasteiger charge is -2.11. The van der Waals surface area contributed by atoms with Gasteiger partial charge < -0.3 is 5.32 Å². The molecule has 0 aliphatic rings. The molecule has 0 aliphatic carbocycles. The van der Waals surface area contributed by atoms with Crippen LogP contribution in [0, 0.1) is 20.8 Å². The van der Waals surface area contributed by atoms with Crippen molar-refractivity contribution in [1.29, 1.82) is 0 Å². The van der Waals surface area contributed by atoms with Crippen LogP contribution in [0.5, 0.6) is 0 Å². The molecule has 7 heteroatoms. The molecule has 3 rings (SSSR count). The lowest BCUT2D eigenvalue weighted by Crippen LogP contribution is -2.23. The molecule has 2 heterocycles. The second-order valence-electron chi connectivity index (χ2n) is 6.00. The summed E-state index contributed by atoms with van der Waals surface area (Å²) in [4.78, 5) is 21.0. The monoisotopic (exact) mass is 357 g/mol. The molecule has 0 unspecified atom stereocenters. The first-order chi connectivity index (χ1) is 12.0. The van der Waals surface area contributed by atoms with Gasteiger partial charge in [-0.05, 0) is 44.4 Å². The summed E-state index contributed by atoms with van der Waals surface area (Å²) in [5.74, 6) is 1.26. The zero-order valence-electron chi connectivity index (χ0n) is 14.5. The normalized spacial score (nSPS) is 11.0. The molecule has 0 bridgehead atoms. The van der Waals surface area contributed by atoms with Crippen LogP contribution >= 0.6 is 11.6 Å². The van der Waals surface area contributed by atoms with E-state index >= 15 is 0 Å². The molecule has 0 aliphatic heterocycles. The van der Waals surface area contributed by atoms with Crippen molar-refractivity contribution in [2.75, 3.05) is 0 Å². The Hall–Kier alpha value is -2.47. The summed E-state index contributed by atoms with van der Waals surface area (Å²) in [6.07, 6.45) is 0.987. The van der Waals surface area contributed by atoms with Gasteiger partial charge in [-0.2, -0.15) is 10.1 Å². The highest BCUT2D eigenvalue weighted by atomic mass is 35.5. The largest absolute Gasteiger partial charge is 0.352 e. The zero-order valence-corrected chi connectivity index (χ0v) is 15.3. The molecule has 0 spiro atoms. The average molecular weight is 358 g/mol. The second-order valence-corrected chi connectivity index (χ2v) is 6.41. The standard InChI is InChI=1S/C18H20ClN5O/c1-11-15(12(2)24-18(21-11)22-13(3)23-24)8-9-17(25)20-10-14-6-4-5-7-16(14)19/h4-7H,8-10H2,1-3H3,(H,20,25). The number of carbonyl (C=O) groups is 1. The summed E-state index contributed by atoms with van der Waals surface area (Å²) in [6.45, 7) is 6.18. The fourth-order valence-electron chi connectivity index (χ4n) is 2.83. The molecule has 0 atom stereocenters. The molecular weight excluding hydrogens is 338 g/mol. The predicted molar refractivity (Wildman–Crippen MR) is 96.6 cm³/mol. The molecule has 0 radical (unpaired) electrons. The molecule has 130 valence electrons. The van der Waals surface area contributed by atoms with E-state index in [1.165, 1.54) is 0 Å². The predicted octanol–water partition coefficient (Wildman–Crippen LogP) is 2.95. The Balaban J connectivity index is 1.66. The molecule has 25 heavy (non-hydrogen) atoms. The summed E-state index contributed by atoms with van der Waals surface area (Å²) in [5, 5.41) is 7.92. The lowest BCUT2D eigenvalue weighted by molar-refractivity contribution is -0.121. The van der Waals surface area contributed by atoms with Gasteiger partial charge in [-0.3, -0.25) is 4.79 Å². The van der Waals surface area contributed by atoms with Crippen LogP contribution in [-0.2, 0) is 17.8 Å². The Morgan fingerprint density at radius 1 is 1.20 bits per heavy atom. The summed E-state index contributed by atoms with van der Waals surface area (Å²) < 4.78 is 1.74. The second kappa shape index (κ2) is 7.19. The number of nitrogens with zero attached hydrogens (tertiary/aromatic N) is 4. The third kappa shape index (κ3) is 3.79. The Morgan fingerprint density at radius 2 is 1.96 bits per heavy atom. The fraction of sp³-hybridized carbons (Fsp3) is 0.333. The summed E-state index contributed by atoms with van der Waals surface area (Å²) in [5.41, 5.74) is 3.80. The van der Waals surface area contributed by atoms with Crippen LogP contribution in [-0.4, -0.2) is 25.5 Å². The Bertz CT molecular complexity index is 935. The van der Waals surface area contributed by atoms with E-state index in [2.05, 4.69) is 20.4 Å². The molecule has 6 nitrogen and oxygen atoms in total.